The summed E-state index contributed by atoms with van der Waals surface area (Å²) in [7, 11) is 0. The number of nitrogens with one attached hydrogen (secondary N) is 1. The number of halogens is 1. The molecule has 0 atom stereocenters. The Balaban J connectivity index is 1.25. The summed E-state index contributed by atoms with van der Waals surface area (Å²) in [6, 6.07) is 15.1. The van der Waals surface area contributed by atoms with Gasteiger partial charge in [-0.3, -0.25) is 14.8 Å². The van der Waals surface area contributed by atoms with E-state index in [2.05, 4.69) is 25.2 Å². The molecule has 32 heavy (non-hydrogen) atoms. The van der Waals surface area contributed by atoms with Gasteiger partial charge in [0.05, 0.1) is 11.7 Å². The molecule has 1 N–H and O–H groups in total. The van der Waals surface area contributed by atoms with E-state index in [4.69, 9.17) is 11.6 Å². The number of hydrogen-bond donors (Lipinski definition) is 1. The lowest BCUT2D eigenvalue weighted by Gasteiger charge is -2.35. The van der Waals surface area contributed by atoms with Crippen LogP contribution in [0, 0.1) is 0 Å². The Morgan fingerprint density at radius 3 is 2.47 bits per heavy atom. The molecular weight excluding hydrogens is 424 g/mol. The second kappa shape index (κ2) is 8.80. The van der Waals surface area contributed by atoms with E-state index >= 15 is 0 Å². The number of aromatic nitrogens is 3. The number of hydrogen-bond acceptors (Lipinski definition) is 6. The molecule has 1 amide bonds. The molecule has 3 heterocycles. The molecule has 4 aromatic rings. The summed E-state index contributed by atoms with van der Waals surface area (Å²) < 4.78 is 0. The lowest BCUT2D eigenvalue weighted by molar-refractivity contribution is 0.0746. The summed E-state index contributed by atoms with van der Waals surface area (Å²) in [5.41, 5.74) is 3.34. The molecule has 8 heteroatoms. The SMILES string of the molecule is O=C(c1ccc(Nc2ccnc3cc(Cl)ccc23)cc1)N1CCN(c2cnccn2)CC1. The van der Waals surface area contributed by atoms with Crippen molar-refractivity contribution in [2.45, 2.75) is 0 Å². The van der Waals surface area contributed by atoms with Crippen molar-refractivity contribution in [2.24, 2.45) is 0 Å². The van der Waals surface area contributed by atoms with E-state index < -0.39 is 0 Å². The monoisotopic (exact) mass is 444 g/mol. The number of carbonyl (C=O) groups is 1. The highest BCUT2D eigenvalue weighted by atomic mass is 35.5. The Bertz CT molecular complexity index is 1240. The van der Waals surface area contributed by atoms with Gasteiger partial charge in [0.2, 0.25) is 0 Å². The van der Waals surface area contributed by atoms with Crippen LogP contribution in [0.15, 0.2) is 73.3 Å². The number of nitrogens with zero attached hydrogens (tertiary/aromatic N) is 5. The maximum Gasteiger partial charge on any atom is 0.253 e. The molecule has 1 fully saturated rings. The Morgan fingerprint density at radius 2 is 1.72 bits per heavy atom. The summed E-state index contributed by atoms with van der Waals surface area (Å²) in [6.07, 6.45) is 6.85. The van der Waals surface area contributed by atoms with E-state index in [1.54, 1.807) is 24.8 Å². The fourth-order valence-electron chi connectivity index (χ4n) is 3.86. The van der Waals surface area contributed by atoms with Gasteiger partial charge >= 0.3 is 0 Å². The van der Waals surface area contributed by atoms with E-state index in [9.17, 15) is 4.79 Å². The smallest absolute Gasteiger partial charge is 0.253 e. The Labute approximate surface area is 190 Å². The molecule has 2 aromatic carbocycles. The average molecular weight is 445 g/mol. The molecule has 1 aliphatic rings. The molecule has 1 aliphatic heterocycles. The van der Waals surface area contributed by atoms with Gasteiger partial charge in [-0.25, -0.2) is 4.98 Å². The van der Waals surface area contributed by atoms with Gasteiger partial charge in [0.25, 0.3) is 5.91 Å². The van der Waals surface area contributed by atoms with Gasteiger partial charge in [-0.2, -0.15) is 0 Å². The standard InChI is InChI=1S/C24H21ClN6O/c25-18-3-6-20-21(7-8-27-22(20)15-18)29-19-4-1-17(2-5-19)24(32)31-13-11-30(12-14-31)23-16-26-9-10-28-23/h1-10,15-16H,11-14H2,(H,27,29). The summed E-state index contributed by atoms with van der Waals surface area (Å²) in [6.45, 7) is 2.79. The van der Waals surface area contributed by atoms with Crippen molar-refractivity contribution < 1.29 is 4.79 Å². The molecule has 0 bridgehead atoms. The van der Waals surface area contributed by atoms with Gasteiger partial charge in [-0.1, -0.05) is 11.6 Å². The highest BCUT2D eigenvalue weighted by Crippen LogP contribution is 2.27. The van der Waals surface area contributed by atoms with Crippen molar-refractivity contribution in [3.63, 3.8) is 0 Å². The average Bonchev–Trinajstić information content (AvgIpc) is 2.85. The zero-order valence-electron chi connectivity index (χ0n) is 17.3. The van der Waals surface area contributed by atoms with Crippen LogP contribution in [0.1, 0.15) is 10.4 Å². The molecule has 2 aromatic heterocycles. The van der Waals surface area contributed by atoms with Crippen molar-refractivity contribution in [1.29, 1.82) is 0 Å². The minimum Gasteiger partial charge on any atom is -0.355 e. The second-order valence-electron chi connectivity index (χ2n) is 7.57. The fraction of sp³-hybridized carbons (Fsp3) is 0.167. The van der Waals surface area contributed by atoms with Crippen LogP contribution < -0.4 is 10.2 Å². The largest absolute Gasteiger partial charge is 0.355 e. The van der Waals surface area contributed by atoms with Gasteiger partial charge in [0.1, 0.15) is 5.82 Å². The van der Waals surface area contributed by atoms with Gasteiger partial charge in [-0.15, -0.1) is 0 Å². The normalized spacial score (nSPS) is 13.9. The number of carbonyl (C=O) groups excluding carboxylic acids is 1. The third-order valence-corrected chi connectivity index (χ3v) is 5.79. The number of benzene rings is 2. The van der Waals surface area contributed by atoms with Crippen LogP contribution in [0.5, 0.6) is 0 Å². The van der Waals surface area contributed by atoms with Crippen molar-refractivity contribution >= 4 is 45.6 Å². The number of pyridine rings is 1. The quantitative estimate of drug-likeness (QED) is 0.503. The van der Waals surface area contributed by atoms with Crippen LogP contribution in [0.25, 0.3) is 10.9 Å². The maximum atomic E-state index is 13.0. The second-order valence-corrected chi connectivity index (χ2v) is 8.00. The van der Waals surface area contributed by atoms with Gasteiger partial charge in [0.15, 0.2) is 0 Å². The third-order valence-electron chi connectivity index (χ3n) is 5.56. The first-order chi connectivity index (χ1) is 15.7. The highest BCUT2D eigenvalue weighted by Gasteiger charge is 2.22. The van der Waals surface area contributed by atoms with Crippen molar-refractivity contribution in [3.8, 4) is 0 Å². The summed E-state index contributed by atoms with van der Waals surface area (Å²) >= 11 is 6.08. The molecule has 5 rings (SSSR count). The van der Waals surface area contributed by atoms with Gasteiger partial charge in [0, 0.05) is 72.1 Å². The first-order valence-electron chi connectivity index (χ1n) is 10.4. The van der Waals surface area contributed by atoms with E-state index in [0.29, 0.717) is 23.7 Å². The van der Waals surface area contributed by atoms with Crippen LogP contribution in [0.4, 0.5) is 17.2 Å². The first kappa shape index (κ1) is 20.2. The molecule has 0 unspecified atom stereocenters. The van der Waals surface area contributed by atoms with E-state index in [1.807, 2.05) is 53.4 Å². The van der Waals surface area contributed by atoms with E-state index in [-0.39, 0.29) is 5.91 Å². The Kier molecular flexibility index (Phi) is 5.56. The molecule has 7 nitrogen and oxygen atoms in total. The van der Waals surface area contributed by atoms with E-state index in [0.717, 1.165) is 41.2 Å². The number of anilines is 3. The van der Waals surface area contributed by atoms with Crippen LogP contribution >= 0.6 is 11.6 Å². The van der Waals surface area contributed by atoms with Gasteiger partial charge < -0.3 is 15.1 Å². The minimum absolute atomic E-state index is 0.0411. The van der Waals surface area contributed by atoms with Gasteiger partial charge in [-0.05, 0) is 48.5 Å². The summed E-state index contributed by atoms with van der Waals surface area (Å²) in [5.74, 6) is 0.889. The third kappa shape index (κ3) is 4.20. The van der Waals surface area contributed by atoms with Crippen molar-refractivity contribution in [3.05, 3.63) is 83.9 Å². The van der Waals surface area contributed by atoms with Crippen LogP contribution in [0.2, 0.25) is 5.02 Å². The molecular formula is C24H21ClN6O. The summed E-state index contributed by atoms with van der Waals surface area (Å²) in [4.78, 5) is 29.8. The highest BCUT2D eigenvalue weighted by molar-refractivity contribution is 6.31. The zero-order chi connectivity index (χ0) is 21.9. The lowest BCUT2D eigenvalue weighted by atomic mass is 10.1. The molecule has 0 saturated carbocycles. The first-order valence-corrected chi connectivity index (χ1v) is 10.8. The van der Waals surface area contributed by atoms with Crippen LogP contribution in [-0.2, 0) is 0 Å². The maximum absolute atomic E-state index is 13.0. The number of amides is 1. The Hall–Kier alpha value is -3.71. The Morgan fingerprint density at radius 1 is 0.906 bits per heavy atom. The lowest BCUT2D eigenvalue weighted by Crippen LogP contribution is -2.49. The predicted octanol–water partition coefficient (Wildman–Crippen LogP) is 4.38. The van der Waals surface area contributed by atoms with E-state index in [1.165, 1.54) is 0 Å². The van der Waals surface area contributed by atoms with Crippen LogP contribution in [-0.4, -0.2) is 51.9 Å². The number of fused-ring (bicyclic) bond motifs is 1. The molecule has 0 radical (unpaired) electrons. The zero-order valence-corrected chi connectivity index (χ0v) is 18.0. The topological polar surface area (TPSA) is 74.2 Å². The fourth-order valence-corrected chi connectivity index (χ4v) is 4.02. The number of piperazine rings is 1. The molecule has 160 valence electrons. The van der Waals surface area contributed by atoms with Crippen LogP contribution in [0.3, 0.4) is 0 Å². The molecule has 1 saturated heterocycles. The number of rotatable bonds is 4. The predicted molar refractivity (Wildman–Crippen MR) is 127 cm³/mol. The van der Waals surface area contributed by atoms with Crippen molar-refractivity contribution in [1.82, 2.24) is 19.9 Å². The molecule has 0 spiro atoms. The molecule has 0 aliphatic carbocycles. The summed E-state index contributed by atoms with van der Waals surface area (Å²) in [5, 5.41) is 5.05. The minimum atomic E-state index is 0.0411. The van der Waals surface area contributed by atoms with Crippen molar-refractivity contribution in [2.75, 3.05) is 36.4 Å².